The van der Waals surface area contributed by atoms with E-state index in [0.29, 0.717) is 5.56 Å². The maximum Gasteiger partial charge on any atom is 0.416 e. The monoisotopic (exact) mass is 296 g/mol. The Hall–Kier alpha value is -2.08. The third-order valence-electron chi connectivity index (χ3n) is 3.31. The Morgan fingerprint density at radius 3 is 2.29 bits per heavy atom. The highest BCUT2D eigenvalue weighted by Crippen LogP contribution is 2.29. The number of rotatable bonds is 3. The van der Waals surface area contributed by atoms with Crippen LogP contribution in [0.15, 0.2) is 47.3 Å². The fourth-order valence-electron chi connectivity index (χ4n) is 2.08. The average molecular weight is 296 g/mol. The van der Waals surface area contributed by atoms with Crippen molar-refractivity contribution in [3.8, 4) is 0 Å². The van der Waals surface area contributed by atoms with E-state index in [9.17, 15) is 18.0 Å². The van der Waals surface area contributed by atoms with Crippen molar-refractivity contribution >= 4 is 0 Å². The maximum atomic E-state index is 12.5. The van der Waals surface area contributed by atoms with Crippen LogP contribution in [0.4, 0.5) is 13.2 Å². The highest BCUT2D eigenvalue weighted by Gasteiger charge is 2.30. The Balaban J connectivity index is 2.21. The molecule has 1 heterocycles. The van der Waals surface area contributed by atoms with Crippen LogP contribution >= 0.6 is 0 Å². The molecule has 1 atom stereocenters. The molecule has 2 rings (SSSR count). The highest BCUT2D eigenvalue weighted by atomic mass is 19.4. The lowest BCUT2D eigenvalue weighted by molar-refractivity contribution is -0.137. The summed E-state index contributed by atoms with van der Waals surface area (Å²) in [4.78, 5) is 11.8. The van der Waals surface area contributed by atoms with Gasteiger partial charge in [-0.25, -0.2) is 0 Å². The lowest BCUT2D eigenvalue weighted by atomic mass is 10.0. The molecular formula is C15H15F3N2O. The number of alkyl halides is 3. The summed E-state index contributed by atoms with van der Waals surface area (Å²) >= 11 is 0. The number of aryl methyl sites for hydroxylation is 1. The lowest BCUT2D eigenvalue weighted by Crippen LogP contribution is -2.27. The summed E-state index contributed by atoms with van der Waals surface area (Å²) in [6, 6.07) is 8.98. The third kappa shape index (κ3) is 3.52. The molecule has 112 valence electrons. The molecule has 0 aliphatic carbocycles. The van der Waals surface area contributed by atoms with Crippen molar-refractivity contribution in [3.05, 3.63) is 69.6 Å². The molecule has 0 fully saturated rings. The lowest BCUT2D eigenvalue weighted by Gasteiger charge is -2.16. The van der Waals surface area contributed by atoms with Gasteiger partial charge >= 0.3 is 6.18 Å². The molecule has 0 saturated heterocycles. The Labute approximate surface area is 119 Å². The van der Waals surface area contributed by atoms with Gasteiger partial charge in [0.05, 0.1) is 5.56 Å². The molecule has 0 aliphatic heterocycles. The first kappa shape index (κ1) is 15.3. The second-order valence-electron chi connectivity index (χ2n) is 4.84. The van der Waals surface area contributed by atoms with Crippen molar-refractivity contribution in [3.63, 3.8) is 0 Å². The van der Waals surface area contributed by atoms with Gasteiger partial charge in [0.2, 0.25) is 0 Å². The number of hydrogen-bond acceptors (Lipinski definition) is 2. The molecule has 6 heteroatoms. The standard InChI is InChI=1S/C15H15F3N2O/c1-10-3-2-4-14(21)20(10)9-13(19)11-5-7-12(8-6-11)15(16,17)18/h2-8,13H,9,19H2,1H3. The predicted molar refractivity (Wildman–Crippen MR) is 73.8 cm³/mol. The maximum absolute atomic E-state index is 12.5. The molecule has 0 amide bonds. The summed E-state index contributed by atoms with van der Waals surface area (Å²) in [6.45, 7) is 2.00. The van der Waals surface area contributed by atoms with Gasteiger partial charge in [0.1, 0.15) is 0 Å². The van der Waals surface area contributed by atoms with Crippen molar-refractivity contribution in [2.75, 3.05) is 0 Å². The predicted octanol–water partition coefficient (Wildman–Crippen LogP) is 2.88. The van der Waals surface area contributed by atoms with Gasteiger partial charge in [-0.3, -0.25) is 4.79 Å². The topological polar surface area (TPSA) is 48.0 Å². The van der Waals surface area contributed by atoms with E-state index >= 15 is 0 Å². The second-order valence-corrected chi connectivity index (χ2v) is 4.84. The molecule has 1 aromatic carbocycles. The number of aromatic nitrogens is 1. The van der Waals surface area contributed by atoms with Gasteiger partial charge in [-0.1, -0.05) is 18.2 Å². The number of hydrogen-bond donors (Lipinski definition) is 1. The number of nitrogens with zero attached hydrogens (tertiary/aromatic N) is 1. The Kier molecular flexibility index (Phi) is 4.18. The van der Waals surface area contributed by atoms with Crippen molar-refractivity contribution in [1.82, 2.24) is 4.57 Å². The first-order valence-electron chi connectivity index (χ1n) is 6.38. The van der Waals surface area contributed by atoms with Crippen LogP contribution in [0, 0.1) is 6.92 Å². The van der Waals surface area contributed by atoms with E-state index in [1.807, 2.05) is 0 Å². The minimum atomic E-state index is -4.37. The van der Waals surface area contributed by atoms with Crippen molar-refractivity contribution in [2.45, 2.75) is 25.7 Å². The van der Waals surface area contributed by atoms with Gasteiger partial charge in [-0.15, -0.1) is 0 Å². The van der Waals surface area contributed by atoms with E-state index in [-0.39, 0.29) is 12.1 Å². The molecular weight excluding hydrogens is 281 g/mol. The molecule has 21 heavy (non-hydrogen) atoms. The van der Waals surface area contributed by atoms with E-state index in [4.69, 9.17) is 5.73 Å². The van der Waals surface area contributed by atoms with Gasteiger partial charge in [-0.05, 0) is 30.7 Å². The summed E-state index contributed by atoms with van der Waals surface area (Å²) in [5.74, 6) is 0. The van der Waals surface area contributed by atoms with Gasteiger partial charge in [0.15, 0.2) is 0 Å². The zero-order valence-corrected chi connectivity index (χ0v) is 11.4. The largest absolute Gasteiger partial charge is 0.416 e. The van der Waals surface area contributed by atoms with E-state index in [0.717, 1.165) is 17.8 Å². The third-order valence-corrected chi connectivity index (χ3v) is 3.31. The summed E-state index contributed by atoms with van der Waals surface area (Å²) in [6.07, 6.45) is -4.37. The second kappa shape index (κ2) is 5.73. The normalized spacial score (nSPS) is 13.2. The zero-order chi connectivity index (χ0) is 15.6. The molecule has 0 radical (unpaired) electrons. The van der Waals surface area contributed by atoms with Gasteiger partial charge in [-0.2, -0.15) is 13.2 Å². The van der Waals surface area contributed by atoms with Crippen LogP contribution in [0.25, 0.3) is 0 Å². The van der Waals surface area contributed by atoms with E-state index in [1.165, 1.54) is 22.8 Å². The van der Waals surface area contributed by atoms with Gasteiger partial charge in [0.25, 0.3) is 5.56 Å². The molecule has 3 nitrogen and oxygen atoms in total. The SMILES string of the molecule is Cc1cccc(=O)n1CC(N)c1ccc(C(F)(F)F)cc1. The van der Waals surface area contributed by atoms with Crippen molar-refractivity contribution in [2.24, 2.45) is 5.73 Å². The van der Waals surface area contributed by atoms with Crippen LogP contribution in [0.2, 0.25) is 0 Å². The van der Waals surface area contributed by atoms with Gasteiger partial charge in [0, 0.05) is 24.3 Å². The van der Waals surface area contributed by atoms with Crippen LogP contribution in [0.5, 0.6) is 0 Å². The van der Waals surface area contributed by atoms with Crippen LogP contribution in [0.1, 0.15) is 22.9 Å². The van der Waals surface area contributed by atoms with Gasteiger partial charge < -0.3 is 10.3 Å². The minimum absolute atomic E-state index is 0.183. The van der Waals surface area contributed by atoms with E-state index in [2.05, 4.69) is 0 Å². The first-order valence-corrected chi connectivity index (χ1v) is 6.38. The zero-order valence-electron chi connectivity index (χ0n) is 11.4. The van der Waals surface area contributed by atoms with E-state index in [1.54, 1.807) is 19.1 Å². The van der Waals surface area contributed by atoms with Crippen molar-refractivity contribution in [1.29, 1.82) is 0 Å². The Morgan fingerprint density at radius 1 is 1.14 bits per heavy atom. The number of benzene rings is 1. The fourth-order valence-corrected chi connectivity index (χ4v) is 2.08. The first-order chi connectivity index (χ1) is 9.79. The number of pyridine rings is 1. The van der Waals surface area contributed by atoms with E-state index < -0.39 is 17.8 Å². The molecule has 0 bridgehead atoms. The average Bonchev–Trinajstić information content (AvgIpc) is 2.42. The van der Waals surface area contributed by atoms with Crippen LogP contribution < -0.4 is 11.3 Å². The smallest absolute Gasteiger partial charge is 0.322 e. The molecule has 2 N–H and O–H groups in total. The summed E-state index contributed by atoms with van der Waals surface area (Å²) < 4.78 is 39.0. The minimum Gasteiger partial charge on any atom is -0.322 e. The van der Waals surface area contributed by atoms with Crippen molar-refractivity contribution < 1.29 is 13.2 Å². The molecule has 0 aliphatic rings. The van der Waals surface area contributed by atoms with Crippen LogP contribution in [0.3, 0.4) is 0 Å². The summed E-state index contributed by atoms with van der Waals surface area (Å²) in [5.41, 5.74) is 6.39. The quantitative estimate of drug-likeness (QED) is 0.946. The fraction of sp³-hybridized carbons (Fsp3) is 0.267. The summed E-state index contributed by atoms with van der Waals surface area (Å²) in [5, 5.41) is 0. The molecule has 1 aromatic heterocycles. The molecule has 2 aromatic rings. The van der Waals surface area contributed by atoms with Crippen LogP contribution in [-0.2, 0) is 12.7 Å². The highest BCUT2D eigenvalue weighted by molar-refractivity contribution is 5.26. The number of nitrogens with two attached hydrogens (primary N) is 1. The molecule has 1 unspecified atom stereocenters. The summed E-state index contributed by atoms with van der Waals surface area (Å²) in [7, 11) is 0. The molecule has 0 spiro atoms. The molecule has 0 saturated carbocycles. The Bertz CT molecular complexity index is 675. The Morgan fingerprint density at radius 2 is 1.76 bits per heavy atom. The van der Waals surface area contributed by atoms with Crippen LogP contribution in [-0.4, -0.2) is 4.57 Å². The number of halogens is 3.